The van der Waals surface area contributed by atoms with Gasteiger partial charge in [-0.25, -0.2) is 9.97 Å². The predicted octanol–water partition coefficient (Wildman–Crippen LogP) is 1.59. The number of hydrogen-bond acceptors (Lipinski definition) is 8. The van der Waals surface area contributed by atoms with E-state index in [2.05, 4.69) is 55.9 Å². The van der Waals surface area contributed by atoms with Crippen molar-refractivity contribution in [3.8, 4) is 11.4 Å². The lowest BCUT2D eigenvalue weighted by Gasteiger charge is -2.34. The fourth-order valence-electron chi connectivity index (χ4n) is 4.61. The molecule has 2 N–H and O–H groups in total. The summed E-state index contributed by atoms with van der Waals surface area (Å²) in [7, 11) is 2.17. The number of aliphatic hydroxyl groups excluding tert-OH is 2. The number of anilines is 2. The van der Waals surface area contributed by atoms with Crippen molar-refractivity contribution >= 4 is 23.1 Å². The fraction of sp³-hybridized carbons (Fsp3) is 0.583. The zero-order chi connectivity index (χ0) is 23.2. The second-order valence-electron chi connectivity index (χ2n) is 8.86. The van der Waals surface area contributed by atoms with Crippen LogP contribution in [0.4, 0.5) is 11.5 Å². The number of nitrogens with zero attached hydrogens (tertiary/aromatic N) is 6. The summed E-state index contributed by atoms with van der Waals surface area (Å²) in [6, 6.07) is 8.49. The van der Waals surface area contributed by atoms with E-state index >= 15 is 0 Å². The van der Waals surface area contributed by atoms with Crippen molar-refractivity contribution in [2.45, 2.75) is 12.8 Å². The Bertz CT molecular complexity index is 899. The van der Waals surface area contributed by atoms with Crippen LogP contribution >= 0.6 is 11.6 Å². The van der Waals surface area contributed by atoms with E-state index in [4.69, 9.17) is 16.6 Å². The quantitative estimate of drug-likeness (QED) is 0.503. The summed E-state index contributed by atoms with van der Waals surface area (Å²) in [5.41, 5.74) is 3.23. The lowest BCUT2D eigenvalue weighted by atomic mass is 10.1. The van der Waals surface area contributed by atoms with Crippen LogP contribution in [0.15, 0.2) is 24.3 Å². The SMILES string of the molecule is CN1CCN(c2ccc(-c3nc(Cl)c4c(n3)N(CCCN(CCO)CCO)CC4)cc2)CC1. The molecule has 2 aliphatic rings. The third kappa shape index (κ3) is 5.94. The van der Waals surface area contributed by atoms with Crippen LogP contribution in [0.3, 0.4) is 0 Å². The van der Waals surface area contributed by atoms with E-state index in [9.17, 15) is 10.2 Å². The molecule has 0 amide bonds. The van der Waals surface area contributed by atoms with E-state index in [1.165, 1.54) is 5.69 Å². The third-order valence-corrected chi connectivity index (χ3v) is 6.91. The van der Waals surface area contributed by atoms with E-state index < -0.39 is 0 Å². The van der Waals surface area contributed by atoms with Crippen LogP contribution in [-0.2, 0) is 6.42 Å². The van der Waals surface area contributed by atoms with Gasteiger partial charge < -0.3 is 24.9 Å². The Kier molecular flexibility index (Phi) is 8.38. The summed E-state index contributed by atoms with van der Waals surface area (Å²) in [5, 5.41) is 19.0. The van der Waals surface area contributed by atoms with E-state index in [-0.39, 0.29) is 13.2 Å². The molecule has 180 valence electrons. The normalized spacial score (nSPS) is 16.6. The van der Waals surface area contributed by atoms with Crippen LogP contribution in [0.5, 0.6) is 0 Å². The van der Waals surface area contributed by atoms with E-state index in [1.807, 2.05) is 0 Å². The molecule has 0 spiro atoms. The molecule has 1 saturated heterocycles. The summed E-state index contributed by atoms with van der Waals surface area (Å²) in [6.07, 6.45) is 1.78. The molecule has 0 unspecified atom stereocenters. The van der Waals surface area contributed by atoms with Crippen molar-refractivity contribution in [3.05, 3.63) is 35.0 Å². The van der Waals surface area contributed by atoms with Gasteiger partial charge in [-0.2, -0.15) is 0 Å². The Morgan fingerprint density at radius 3 is 2.30 bits per heavy atom. The molecule has 1 fully saturated rings. The van der Waals surface area contributed by atoms with Gasteiger partial charge in [-0.15, -0.1) is 0 Å². The molecule has 0 radical (unpaired) electrons. The molecule has 3 heterocycles. The smallest absolute Gasteiger partial charge is 0.163 e. The van der Waals surface area contributed by atoms with Gasteiger partial charge in [0.05, 0.1) is 13.2 Å². The molecule has 1 aromatic carbocycles. The second-order valence-corrected chi connectivity index (χ2v) is 9.21. The van der Waals surface area contributed by atoms with Crippen molar-refractivity contribution in [1.82, 2.24) is 19.8 Å². The lowest BCUT2D eigenvalue weighted by molar-refractivity contribution is 0.160. The maximum absolute atomic E-state index is 9.21. The first-order valence-electron chi connectivity index (χ1n) is 11.9. The first-order valence-corrected chi connectivity index (χ1v) is 12.3. The zero-order valence-corrected chi connectivity index (χ0v) is 20.2. The van der Waals surface area contributed by atoms with Crippen molar-refractivity contribution in [2.24, 2.45) is 0 Å². The van der Waals surface area contributed by atoms with Gasteiger partial charge in [-0.05, 0) is 44.2 Å². The Labute approximate surface area is 201 Å². The number of halogens is 1. The molecule has 2 aliphatic heterocycles. The number of rotatable bonds is 10. The van der Waals surface area contributed by atoms with Crippen molar-refractivity contribution < 1.29 is 10.2 Å². The highest BCUT2D eigenvalue weighted by atomic mass is 35.5. The molecule has 0 saturated carbocycles. The van der Waals surface area contributed by atoms with Crippen LogP contribution < -0.4 is 9.80 Å². The molecule has 0 bridgehead atoms. The van der Waals surface area contributed by atoms with Gasteiger partial charge in [0.1, 0.15) is 11.0 Å². The van der Waals surface area contributed by atoms with E-state index in [0.717, 1.165) is 75.6 Å². The minimum Gasteiger partial charge on any atom is -0.395 e. The molecule has 8 nitrogen and oxygen atoms in total. The number of hydrogen-bond donors (Lipinski definition) is 2. The molecule has 2 aromatic rings. The highest BCUT2D eigenvalue weighted by Gasteiger charge is 2.25. The third-order valence-electron chi connectivity index (χ3n) is 6.59. The summed E-state index contributed by atoms with van der Waals surface area (Å²) < 4.78 is 0. The minimum absolute atomic E-state index is 0.104. The number of likely N-dealkylation sites (N-methyl/N-ethyl adjacent to an activating group) is 1. The van der Waals surface area contributed by atoms with Crippen LogP contribution in [-0.4, -0.2) is 109 Å². The molecular formula is C24H35ClN6O2. The molecule has 33 heavy (non-hydrogen) atoms. The van der Waals surface area contributed by atoms with Gasteiger partial charge in [0.25, 0.3) is 0 Å². The van der Waals surface area contributed by atoms with E-state index in [0.29, 0.717) is 24.1 Å². The molecule has 1 aromatic heterocycles. The Balaban J connectivity index is 1.43. The number of benzene rings is 1. The minimum atomic E-state index is 0.104. The maximum Gasteiger partial charge on any atom is 0.163 e. The van der Waals surface area contributed by atoms with Gasteiger partial charge in [0.15, 0.2) is 5.82 Å². The van der Waals surface area contributed by atoms with Gasteiger partial charge >= 0.3 is 0 Å². The molecule has 4 rings (SSSR count). The maximum atomic E-state index is 9.21. The largest absolute Gasteiger partial charge is 0.395 e. The van der Waals surface area contributed by atoms with Gasteiger partial charge in [0.2, 0.25) is 0 Å². The first-order chi connectivity index (χ1) is 16.1. The summed E-state index contributed by atoms with van der Waals surface area (Å²) in [4.78, 5) is 18.6. The fourth-order valence-corrected chi connectivity index (χ4v) is 4.87. The second kappa shape index (κ2) is 11.4. The molecule has 0 aliphatic carbocycles. The monoisotopic (exact) mass is 474 g/mol. The number of aromatic nitrogens is 2. The number of fused-ring (bicyclic) bond motifs is 1. The number of piperazine rings is 1. The highest BCUT2D eigenvalue weighted by molar-refractivity contribution is 6.30. The van der Waals surface area contributed by atoms with Gasteiger partial charge in [-0.3, -0.25) is 4.90 Å². The number of aliphatic hydroxyl groups is 2. The Morgan fingerprint density at radius 1 is 0.939 bits per heavy atom. The van der Waals surface area contributed by atoms with Crippen LogP contribution in [0.1, 0.15) is 12.0 Å². The molecule has 9 heteroatoms. The topological polar surface area (TPSA) is 79.2 Å². The summed E-state index contributed by atoms with van der Waals surface area (Å²) in [5.74, 6) is 1.60. The first kappa shape index (κ1) is 24.2. The van der Waals surface area contributed by atoms with Crippen LogP contribution in [0.2, 0.25) is 5.15 Å². The Hall–Kier alpha value is -1.97. The van der Waals surface area contributed by atoms with Crippen LogP contribution in [0.25, 0.3) is 11.4 Å². The average molecular weight is 475 g/mol. The molecule has 0 atom stereocenters. The summed E-state index contributed by atoms with van der Waals surface area (Å²) >= 11 is 6.57. The van der Waals surface area contributed by atoms with Crippen molar-refractivity contribution in [3.63, 3.8) is 0 Å². The highest BCUT2D eigenvalue weighted by Crippen LogP contribution is 2.33. The zero-order valence-electron chi connectivity index (χ0n) is 19.5. The van der Waals surface area contributed by atoms with Crippen molar-refractivity contribution in [1.29, 1.82) is 0 Å². The average Bonchev–Trinajstić information content (AvgIpc) is 3.23. The lowest BCUT2D eigenvalue weighted by Crippen LogP contribution is -2.44. The standard InChI is InChI=1S/C24H35ClN6O2/c1-28-11-13-30(14-12-28)20-5-3-19(4-6-20)23-26-22(25)21-7-10-31(24(21)27-23)9-2-8-29(15-17-32)16-18-33/h3-6,32-33H,2,7-18H2,1H3. The van der Waals surface area contributed by atoms with Crippen LogP contribution in [0, 0.1) is 0 Å². The van der Waals surface area contributed by atoms with Gasteiger partial charge in [-0.1, -0.05) is 11.6 Å². The molecular weight excluding hydrogens is 440 g/mol. The predicted molar refractivity (Wildman–Crippen MR) is 133 cm³/mol. The van der Waals surface area contributed by atoms with Crippen molar-refractivity contribution in [2.75, 3.05) is 89.0 Å². The van der Waals surface area contributed by atoms with Gasteiger partial charge in [0, 0.05) is 75.7 Å². The Morgan fingerprint density at radius 2 is 1.64 bits per heavy atom. The summed E-state index contributed by atoms with van der Waals surface area (Å²) in [6.45, 7) is 8.19. The van der Waals surface area contributed by atoms with E-state index in [1.54, 1.807) is 0 Å².